The number of rotatable bonds is 11. The molecule has 0 bridgehead atoms. The highest BCUT2D eigenvalue weighted by Gasteiger charge is 2.24. The number of alkyl carbamates (subject to hydrolysis) is 1. The van der Waals surface area contributed by atoms with Crippen molar-refractivity contribution in [1.29, 1.82) is 0 Å². The molecule has 0 saturated heterocycles. The summed E-state index contributed by atoms with van der Waals surface area (Å²) in [7, 11) is 0. The maximum absolute atomic E-state index is 12.2. The lowest BCUT2D eigenvalue weighted by Crippen LogP contribution is -2.35. The van der Waals surface area contributed by atoms with Crippen molar-refractivity contribution in [3.05, 3.63) is 11.6 Å². The van der Waals surface area contributed by atoms with Crippen LogP contribution in [-0.2, 0) is 33.3 Å². The van der Waals surface area contributed by atoms with E-state index in [2.05, 4.69) is 5.32 Å². The molecule has 0 heterocycles. The maximum atomic E-state index is 12.2. The number of hydrogen-bond acceptors (Lipinski definition) is 8. The van der Waals surface area contributed by atoms with Gasteiger partial charge in [-0.3, -0.25) is 4.79 Å². The molecule has 0 fully saturated rings. The molecule has 0 aliphatic rings. The van der Waals surface area contributed by atoms with E-state index in [1.165, 1.54) is 6.08 Å². The summed E-state index contributed by atoms with van der Waals surface area (Å²) in [6, 6.07) is 0. The molecule has 0 aromatic rings. The van der Waals surface area contributed by atoms with Gasteiger partial charge in [-0.1, -0.05) is 6.08 Å². The van der Waals surface area contributed by atoms with Crippen LogP contribution in [0.1, 0.15) is 54.4 Å². The Morgan fingerprint density at radius 2 is 1.41 bits per heavy atom. The number of amides is 1. The van der Waals surface area contributed by atoms with Crippen LogP contribution in [0.4, 0.5) is 4.79 Å². The minimum atomic E-state index is -0.829. The van der Waals surface area contributed by atoms with Crippen molar-refractivity contribution in [1.82, 2.24) is 5.32 Å². The van der Waals surface area contributed by atoms with E-state index in [0.29, 0.717) is 0 Å². The highest BCUT2D eigenvalue weighted by atomic mass is 16.6. The largest absolute Gasteiger partial charge is 0.466 e. The standard InChI is InChI=1S/C20H33NO8/c1-7-26-16(22)11-10-14(13-21-19(25)29-20(4,5)6)12-15(17(23)27-8-2)18(24)28-9-3/h12,14H,7-11,13H2,1-6H3,(H,21,25). The topological polar surface area (TPSA) is 117 Å². The summed E-state index contributed by atoms with van der Waals surface area (Å²) in [5.41, 5.74) is -0.963. The van der Waals surface area contributed by atoms with Crippen LogP contribution in [0.2, 0.25) is 0 Å². The van der Waals surface area contributed by atoms with E-state index in [-0.39, 0.29) is 44.8 Å². The molecule has 0 aromatic carbocycles. The van der Waals surface area contributed by atoms with Gasteiger partial charge >= 0.3 is 24.0 Å². The van der Waals surface area contributed by atoms with E-state index in [9.17, 15) is 19.2 Å². The van der Waals surface area contributed by atoms with Gasteiger partial charge in [0, 0.05) is 13.0 Å². The zero-order valence-corrected chi connectivity index (χ0v) is 18.2. The second kappa shape index (κ2) is 13.6. The lowest BCUT2D eigenvalue weighted by molar-refractivity contribution is -0.146. The predicted octanol–water partition coefficient (Wildman–Crippen LogP) is 2.52. The Morgan fingerprint density at radius 1 is 0.897 bits per heavy atom. The van der Waals surface area contributed by atoms with Crippen LogP contribution in [0.25, 0.3) is 0 Å². The lowest BCUT2D eigenvalue weighted by atomic mass is 9.99. The lowest BCUT2D eigenvalue weighted by Gasteiger charge is -2.21. The molecular formula is C20H33NO8. The number of carbonyl (C=O) groups is 4. The molecule has 0 aliphatic carbocycles. The summed E-state index contributed by atoms with van der Waals surface area (Å²) in [5.74, 6) is -2.61. The van der Waals surface area contributed by atoms with Crippen LogP contribution in [0, 0.1) is 5.92 Å². The molecule has 0 spiro atoms. The number of hydrogen-bond donors (Lipinski definition) is 1. The van der Waals surface area contributed by atoms with Crippen molar-refractivity contribution in [3.63, 3.8) is 0 Å². The van der Waals surface area contributed by atoms with Gasteiger partial charge in [0.2, 0.25) is 0 Å². The average molecular weight is 415 g/mol. The first-order valence-corrected chi connectivity index (χ1v) is 9.72. The molecule has 0 aromatic heterocycles. The first-order valence-electron chi connectivity index (χ1n) is 9.72. The molecule has 29 heavy (non-hydrogen) atoms. The number of ether oxygens (including phenoxy) is 4. The van der Waals surface area contributed by atoms with Gasteiger partial charge in [0.25, 0.3) is 0 Å². The molecular weight excluding hydrogens is 382 g/mol. The van der Waals surface area contributed by atoms with Gasteiger partial charge in [-0.2, -0.15) is 0 Å². The summed E-state index contributed by atoms with van der Waals surface area (Å²) in [4.78, 5) is 48.0. The number of nitrogens with one attached hydrogen (secondary N) is 1. The van der Waals surface area contributed by atoms with Gasteiger partial charge in [0.05, 0.1) is 19.8 Å². The summed E-state index contributed by atoms with van der Waals surface area (Å²) in [6.07, 6.45) is 0.980. The Hall–Kier alpha value is -2.58. The monoisotopic (exact) mass is 415 g/mol. The summed E-state index contributed by atoms with van der Waals surface area (Å²) >= 11 is 0. The van der Waals surface area contributed by atoms with E-state index >= 15 is 0 Å². The molecule has 0 radical (unpaired) electrons. The van der Waals surface area contributed by atoms with E-state index in [1.807, 2.05) is 0 Å². The molecule has 9 nitrogen and oxygen atoms in total. The highest BCUT2D eigenvalue weighted by Crippen LogP contribution is 2.15. The first-order chi connectivity index (χ1) is 13.5. The molecule has 0 aliphatic heterocycles. The molecule has 1 atom stereocenters. The van der Waals surface area contributed by atoms with Gasteiger partial charge in [-0.15, -0.1) is 0 Å². The van der Waals surface area contributed by atoms with Gasteiger partial charge in [0.15, 0.2) is 0 Å². The SMILES string of the molecule is CCOC(=O)CCC(C=C(C(=O)OCC)C(=O)OCC)CNC(=O)OC(C)(C)C. The average Bonchev–Trinajstić information content (AvgIpc) is 2.60. The third-order valence-corrected chi connectivity index (χ3v) is 3.33. The van der Waals surface area contributed by atoms with Crippen LogP contribution < -0.4 is 5.32 Å². The zero-order chi connectivity index (χ0) is 22.4. The van der Waals surface area contributed by atoms with Crippen molar-refractivity contribution in [2.24, 2.45) is 5.92 Å². The Morgan fingerprint density at radius 3 is 1.86 bits per heavy atom. The summed E-state index contributed by atoms with van der Waals surface area (Å²) in [6.45, 7) is 10.5. The van der Waals surface area contributed by atoms with Crippen LogP contribution >= 0.6 is 0 Å². The second-order valence-electron chi connectivity index (χ2n) is 7.01. The Bertz CT molecular complexity index is 572. The first kappa shape index (κ1) is 26.4. The zero-order valence-electron chi connectivity index (χ0n) is 18.2. The Labute approximate surface area is 172 Å². The van der Waals surface area contributed by atoms with Crippen molar-refractivity contribution >= 4 is 24.0 Å². The van der Waals surface area contributed by atoms with Gasteiger partial charge in [-0.05, 0) is 53.9 Å². The Kier molecular flexibility index (Phi) is 12.4. The molecule has 1 amide bonds. The van der Waals surface area contributed by atoms with Crippen LogP contribution in [0.15, 0.2) is 11.6 Å². The number of esters is 3. The van der Waals surface area contributed by atoms with Crippen molar-refractivity contribution in [2.75, 3.05) is 26.4 Å². The predicted molar refractivity (Wildman–Crippen MR) is 105 cm³/mol. The van der Waals surface area contributed by atoms with E-state index in [0.717, 1.165) is 0 Å². The number of carbonyl (C=O) groups excluding carboxylic acids is 4. The maximum Gasteiger partial charge on any atom is 0.407 e. The summed E-state index contributed by atoms with van der Waals surface area (Å²) in [5, 5.41) is 2.58. The fourth-order valence-corrected chi connectivity index (χ4v) is 2.18. The fourth-order valence-electron chi connectivity index (χ4n) is 2.18. The van der Waals surface area contributed by atoms with Crippen LogP contribution in [-0.4, -0.2) is 56.0 Å². The quantitative estimate of drug-likeness (QED) is 0.180. The second-order valence-corrected chi connectivity index (χ2v) is 7.01. The smallest absolute Gasteiger partial charge is 0.407 e. The van der Waals surface area contributed by atoms with Gasteiger partial charge in [-0.25, -0.2) is 14.4 Å². The normalized spacial score (nSPS) is 11.7. The minimum absolute atomic E-state index is 0.0383. The third kappa shape index (κ3) is 12.5. The molecule has 166 valence electrons. The third-order valence-electron chi connectivity index (χ3n) is 3.33. The molecule has 9 heteroatoms. The van der Waals surface area contributed by atoms with Gasteiger partial charge in [0.1, 0.15) is 11.2 Å². The van der Waals surface area contributed by atoms with Crippen LogP contribution in [0.3, 0.4) is 0 Å². The fraction of sp³-hybridized carbons (Fsp3) is 0.700. The molecule has 0 saturated carbocycles. The van der Waals surface area contributed by atoms with Gasteiger partial charge < -0.3 is 24.3 Å². The molecule has 1 N–H and O–H groups in total. The van der Waals surface area contributed by atoms with Crippen molar-refractivity contribution < 1.29 is 38.1 Å². The van der Waals surface area contributed by atoms with Crippen LogP contribution in [0.5, 0.6) is 0 Å². The van der Waals surface area contributed by atoms with Crippen molar-refractivity contribution in [2.45, 2.75) is 60.0 Å². The van der Waals surface area contributed by atoms with E-state index < -0.39 is 35.5 Å². The van der Waals surface area contributed by atoms with Crippen molar-refractivity contribution in [3.8, 4) is 0 Å². The highest BCUT2D eigenvalue weighted by molar-refractivity contribution is 6.14. The minimum Gasteiger partial charge on any atom is -0.466 e. The Balaban J connectivity index is 5.44. The summed E-state index contributed by atoms with van der Waals surface area (Å²) < 4.78 is 19.9. The molecule has 0 rings (SSSR count). The molecule has 1 unspecified atom stereocenters. The van der Waals surface area contributed by atoms with E-state index in [4.69, 9.17) is 18.9 Å². The van der Waals surface area contributed by atoms with E-state index in [1.54, 1.807) is 41.5 Å².